The molecule has 0 amide bonds. The average molecular weight is 144 g/mol. The lowest BCUT2D eigenvalue weighted by atomic mass is 10.3. The van der Waals surface area contributed by atoms with Crippen molar-refractivity contribution in [1.82, 2.24) is 0 Å². The SMILES string of the molecule is CC/C(F)=C(/C)N=C(C)N. The van der Waals surface area contributed by atoms with E-state index in [2.05, 4.69) is 4.99 Å². The average Bonchev–Trinajstić information content (AvgIpc) is 1.85. The Morgan fingerprint density at radius 3 is 2.30 bits per heavy atom. The molecule has 0 aliphatic carbocycles. The normalized spacial score (nSPS) is 15.0. The van der Waals surface area contributed by atoms with Crippen LogP contribution in [0.3, 0.4) is 0 Å². The predicted molar refractivity (Wildman–Crippen MR) is 41.4 cm³/mol. The van der Waals surface area contributed by atoms with Gasteiger partial charge >= 0.3 is 0 Å². The Balaban J connectivity index is 4.33. The smallest absolute Gasteiger partial charge is 0.121 e. The highest BCUT2D eigenvalue weighted by Crippen LogP contribution is 2.09. The van der Waals surface area contributed by atoms with Gasteiger partial charge in [-0.15, -0.1) is 0 Å². The van der Waals surface area contributed by atoms with Crippen LogP contribution in [0.1, 0.15) is 27.2 Å². The van der Waals surface area contributed by atoms with Gasteiger partial charge in [0.25, 0.3) is 0 Å². The van der Waals surface area contributed by atoms with Crippen LogP contribution in [0, 0.1) is 0 Å². The van der Waals surface area contributed by atoms with Gasteiger partial charge in [0.15, 0.2) is 0 Å². The minimum absolute atomic E-state index is 0.204. The van der Waals surface area contributed by atoms with E-state index in [-0.39, 0.29) is 5.83 Å². The molecule has 2 nitrogen and oxygen atoms in total. The van der Waals surface area contributed by atoms with E-state index in [1.807, 2.05) is 0 Å². The molecule has 2 N–H and O–H groups in total. The van der Waals surface area contributed by atoms with Crippen LogP contribution in [0.15, 0.2) is 16.5 Å². The molecule has 0 spiro atoms. The van der Waals surface area contributed by atoms with Crippen LogP contribution in [-0.4, -0.2) is 5.84 Å². The fourth-order valence-electron chi connectivity index (χ4n) is 0.581. The maximum Gasteiger partial charge on any atom is 0.121 e. The Morgan fingerprint density at radius 2 is 2.00 bits per heavy atom. The lowest BCUT2D eigenvalue weighted by Crippen LogP contribution is -2.05. The molecule has 0 radical (unpaired) electrons. The van der Waals surface area contributed by atoms with E-state index in [0.29, 0.717) is 18.0 Å². The molecule has 0 aliphatic rings. The number of hydrogen-bond acceptors (Lipinski definition) is 1. The highest BCUT2D eigenvalue weighted by atomic mass is 19.1. The molecule has 58 valence electrons. The summed E-state index contributed by atoms with van der Waals surface area (Å²) in [5.41, 5.74) is 5.61. The molecule has 0 fully saturated rings. The number of hydrogen-bond donors (Lipinski definition) is 1. The van der Waals surface area contributed by atoms with Gasteiger partial charge in [-0.1, -0.05) is 6.92 Å². The molecule has 10 heavy (non-hydrogen) atoms. The number of allylic oxidation sites excluding steroid dienone is 2. The summed E-state index contributed by atoms with van der Waals surface area (Å²) in [5, 5.41) is 0. The van der Waals surface area contributed by atoms with E-state index in [9.17, 15) is 4.39 Å². The Bertz CT molecular complexity index is 166. The van der Waals surface area contributed by atoms with Gasteiger partial charge in [-0.2, -0.15) is 0 Å². The van der Waals surface area contributed by atoms with Crippen molar-refractivity contribution < 1.29 is 4.39 Å². The van der Waals surface area contributed by atoms with Crippen LogP contribution in [0.4, 0.5) is 4.39 Å². The first-order chi connectivity index (χ1) is 4.57. The second kappa shape index (κ2) is 4.04. The highest BCUT2D eigenvalue weighted by Gasteiger charge is 1.95. The fourth-order valence-corrected chi connectivity index (χ4v) is 0.581. The molecule has 0 bridgehead atoms. The molecular formula is C7H13FN2. The molecule has 0 heterocycles. The summed E-state index contributed by atoms with van der Waals surface area (Å²) in [6.07, 6.45) is 0.378. The summed E-state index contributed by atoms with van der Waals surface area (Å²) in [4.78, 5) is 3.75. The quantitative estimate of drug-likeness (QED) is 0.467. The van der Waals surface area contributed by atoms with Crippen molar-refractivity contribution in [3.8, 4) is 0 Å². The van der Waals surface area contributed by atoms with Crippen molar-refractivity contribution in [2.24, 2.45) is 10.7 Å². The minimum atomic E-state index is -0.204. The van der Waals surface area contributed by atoms with Gasteiger partial charge < -0.3 is 5.73 Å². The lowest BCUT2D eigenvalue weighted by Gasteiger charge is -1.95. The summed E-state index contributed by atoms with van der Waals surface area (Å²) < 4.78 is 12.6. The van der Waals surface area contributed by atoms with Crippen molar-refractivity contribution in [3.05, 3.63) is 11.5 Å². The van der Waals surface area contributed by atoms with Crippen LogP contribution in [0.2, 0.25) is 0 Å². The van der Waals surface area contributed by atoms with Crippen LogP contribution in [0.5, 0.6) is 0 Å². The maximum absolute atomic E-state index is 12.6. The number of nitrogens with two attached hydrogens (primary N) is 1. The second-order valence-corrected chi connectivity index (χ2v) is 2.10. The van der Waals surface area contributed by atoms with Crippen LogP contribution >= 0.6 is 0 Å². The zero-order valence-corrected chi connectivity index (χ0v) is 6.61. The Labute approximate surface area is 60.6 Å². The Morgan fingerprint density at radius 1 is 1.50 bits per heavy atom. The third-order valence-electron chi connectivity index (χ3n) is 1.05. The van der Waals surface area contributed by atoms with Gasteiger partial charge in [-0.05, 0) is 20.3 Å². The number of rotatable bonds is 2. The van der Waals surface area contributed by atoms with Gasteiger partial charge in [0.2, 0.25) is 0 Å². The number of nitrogens with zero attached hydrogens (tertiary/aromatic N) is 1. The summed E-state index contributed by atoms with van der Waals surface area (Å²) >= 11 is 0. The van der Waals surface area contributed by atoms with Crippen molar-refractivity contribution in [2.75, 3.05) is 0 Å². The van der Waals surface area contributed by atoms with Gasteiger partial charge in [-0.25, -0.2) is 9.38 Å². The summed E-state index contributed by atoms with van der Waals surface area (Å²) in [7, 11) is 0. The number of aliphatic imine (C=N–C) groups is 1. The predicted octanol–water partition coefficient (Wildman–Crippen LogP) is 1.97. The zero-order chi connectivity index (χ0) is 8.15. The largest absolute Gasteiger partial charge is 0.387 e. The molecule has 0 aromatic heterocycles. The van der Waals surface area contributed by atoms with E-state index in [1.54, 1.807) is 20.8 Å². The van der Waals surface area contributed by atoms with Crippen molar-refractivity contribution >= 4 is 5.84 Å². The molecule has 0 aliphatic heterocycles. The number of amidine groups is 1. The molecule has 0 unspecified atom stereocenters. The van der Waals surface area contributed by atoms with E-state index >= 15 is 0 Å². The third-order valence-corrected chi connectivity index (χ3v) is 1.05. The monoisotopic (exact) mass is 144 g/mol. The minimum Gasteiger partial charge on any atom is -0.387 e. The maximum atomic E-state index is 12.6. The van der Waals surface area contributed by atoms with Gasteiger partial charge in [0.05, 0.1) is 11.5 Å². The molecule has 0 aromatic rings. The molecule has 0 atom stereocenters. The van der Waals surface area contributed by atoms with E-state index in [1.165, 1.54) is 0 Å². The van der Waals surface area contributed by atoms with E-state index in [0.717, 1.165) is 0 Å². The molecule has 3 heteroatoms. The first kappa shape index (κ1) is 9.14. The van der Waals surface area contributed by atoms with Gasteiger partial charge in [-0.3, -0.25) is 0 Å². The van der Waals surface area contributed by atoms with Crippen molar-refractivity contribution in [3.63, 3.8) is 0 Å². The molecule has 0 rings (SSSR count). The summed E-state index contributed by atoms with van der Waals surface area (Å²) in [6, 6.07) is 0. The van der Waals surface area contributed by atoms with Gasteiger partial charge in [0.1, 0.15) is 5.83 Å². The summed E-state index contributed by atoms with van der Waals surface area (Å²) in [6.45, 7) is 4.97. The van der Waals surface area contributed by atoms with E-state index < -0.39 is 0 Å². The molecule has 0 saturated carbocycles. The highest BCUT2D eigenvalue weighted by molar-refractivity contribution is 5.78. The van der Waals surface area contributed by atoms with Gasteiger partial charge in [0, 0.05) is 0 Å². The Hall–Kier alpha value is -0.860. The molecule has 0 saturated heterocycles. The van der Waals surface area contributed by atoms with Crippen LogP contribution in [0.25, 0.3) is 0 Å². The third kappa shape index (κ3) is 3.22. The second-order valence-electron chi connectivity index (χ2n) is 2.10. The topological polar surface area (TPSA) is 38.4 Å². The van der Waals surface area contributed by atoms with Crippen molar-refractivity contribution in [2.45, 2.75) is 27.2 Å². The summed E-state index contributed by atoms with van der Waals surface area (Å²) in [5.74, 6) is 0.186. The fraction of sp³-hybridized carbons (Fsp3) is 0.571. The van der Waals surface area contributed by atoms with E-state index in [4.69, 9.17) is 5.73 Å². The molecule has 0 aromatic carbocycles. The first-order valence-electron chi connectivity index (χ1n) is 3.24. The standard InChI is InChI=1S/C7H13FN2/c1-4-7(8)5(2)10-6(3)9/h4H2,1-3H3,(H2,9,10)/b7-5+. The van der Waals surface area contributed by atoms with Crippen LogP contribution < -0.4 is 5.73 Å². The molecular weight excluding hydrogens is 131 g/mol. The number of halogens is 1. The lowest BCUT2D eigenvalue weighted by molar-refractivity contribution is 0.590. The first-order valence-corrected chi connectivity index (χ1v) is 3.24. The van der Waals surface area contributed by atoms with Crippen molar-refractivity contribution in [1.29, 1.82) is 0 Å². The Kier molecular flexibility index (Phi) is 3.69. The van der Waals surface area contributed by atoms with Crippen LogP contribution in [-0.2, 0) is 0 Å². The zero-order valence-electron chi connectivity index (χ0n) is 6.61.